The number of hydrogen-bond acceptors (Lipinski definition) is 10. The van der Waals surface area contributed by atoms with Gasteiger partial charge < -0.3 is 41.0 Å². The SMILES string of the molecule is CN[C@@H](C)C(=O)N[C@H](C(=O)N1CC[C@@]2(C)C[C@@H](OCCO[C@H]3CN(CCc4ccccc4)C[C@@]4(C)N(C(=O)C(NC(=O)[C@H](C)N)C(C)C)CC[C@@]4(C)C3)CN(CCc3ccccc3)C[C@@]12C)C(C)C. The van der Waals surface area contributed by atoms with Gasteiger partial charge in [0.25, 0.3) is 0 Å². The lowest BCUT2D eigenvalue weighted by atomic mass is 9.69. The predicted octanol–water partition coefficient (Wildman–Crippen LogP) is 4.88. The Morgan fingerprint density at radius 1 is 0.638 bits per heavy atom. The van der Waals surface area contributed by atoms with Gasteiger partial charge in [-0.1, -0.05) is 102 Å². The molecule has 14 heteroatoms. The lowest BCUT2D eigenvalue weighted by Gasteiger charge is -2.47. The topological polar surface area (TPSA) is 162 Å². The lowest BCUT2D eigenvalue weighted by molar-refractivity contribution is -0.144. The number of nitrogens with zero attached hydrogens (tertiary/aromatic N) is 4. The van der Waals surface area contributed by atoms with Gasteiger partial charge in [-0.15, -0.1) is 0 Å². The summed E-state index contributed by atoms with van der Waals surface area (Å²) in [6, 6.07) is 18.7. The minimum atomic E-state index is -0.711. The summed E-state index contributed by atoms with van der Waals surface area (Å²) >= 11 is 0. The van der Waals surface area contributed by atoms with Gasteiger partial charge in [0.2, 0.25) is 23.6 Å². The van der Waals surface area contributed by atoms with Gasteiger partial charge in [0.15, 0.2) is 0 Å². The van der Waals surface area contributed by atoms with Crippen LogP contribution in [0.15, 0.2) is 60.7 Å². The second kappa shape index (κ2) is 23.1. The van der Waals surface area contributed by atoms with Gasteiger partial charge in [-0.3, -0.25) is 29.0 Å². The first kappa shape index (κ1) is 54.4. The molecular formula is C55H88N8O6. The number of carbonyl (C=O) groups excluding carboxylic acids is 4. The average Bonchev–Trinajstić information content (AvgIpc) is 3.62. The molecule has 4 fully saturated rings. The molecule has 14 nitrogen and oxygen atoms in total. The maximum absolute atomic E-state index is 14.7. The Bertz CT molecular complexity index is 2020. The van der Waals surface area contributed by atoms with Crippen LogP contribution in [0.25, 0.3) is 0 Å². The fourth-order valence-corrected chi connectivity index (χ4v) is 11.9. The molecule has 4 aliphatic rings. The molecule has 0 aromatic heterocycles. The van der Waals surface area contributed by atoms with Gasteiger partial charge in [0, 0.05) is 52.4 Å². The van der Waals surface area contributed by atoms with E-state index in [1.807, 2.05) is 46.8 Å². The Balaban J connectivity index is 1.18. The highest BCUT2D eigenvalue weighted by Crippen LogP contribution is 2.52. The predicted molar refractivity (Wildman–Crippen MR) is 273 cm³/mol. The monoisotopic (exact) mass is 957 g/mol. The zero-order valence-electron chi connectivity index (χ0n) is 44.0. The summed E-state index contributed by atoms with van der Waals surface area (Å²) in [7, 11) is 1.75. The summed E-state index contributed by atoms with van der Waals surface area (Å²) in [6.07, 6.45) is 4.86. The molecule has 4 heterocycles. The largest absolute Gasteiger partial charge is 0.374 e. The summed E-state index contributed by atoms with van der Waals surface area (Å²) in [5, 5.41) is 9.09. The summed E-state index contributed by atoms with van der Waals surface area (Å²) in [5.41, 5.74) is 7.03. The van der Waals surface area contributed by atoms with Crippen LogP contribution in [0.4, 0.5) is 0 Å². The molecule has 0 aliphatic carbocycles. The molecule has 384 valence electrons. The van der Waals surface area contributed by atoms with E-state index in [1.165, 1.54) is 11.1 Å². The molecule has 69 heavy (non-hydrogen) atoms. The van der Waals surface area contributed by atoms with Gasteiger partial charge in [-0.25, -0.2) is 0 Å². The van der Waals surface area contributed by atoms with Gasteiger partial charge in [0.05, 0.1) is 48.6 Å². The van der Waals surface area contributed by atoms with Crippen molar-refractivity contribution in [3.8, 4) is 0 Å². The maximum atomic E-state index is 14.7. The van der Waals surface area contributed by atoms with Crippen LogP contribution in [-0.4, -0.2) is 163 Å². The van der Waals surface area contributed by atoms with Crippen molar-refractivity contribution in [2.75, 3.05) is 72.6 Å². The van der Waals surface area contributed by atoms with Gasteiger partial charge in [-0.05, 0) is 107 Å². The van der Waals surface area contributed by atoms with Crippen LogP contribution in [-0.2, 0) is 41.5 Å². The zero-order valence-corrected chi connectivity index (χ0v) is 44.0. The summed E-state index contributed by atoms with van der Waals surface area (Å²) in [6.45, 7) is 27.2. The number of hydrogen-bond donors (Lipinski definition) is 4. The Hall–Kier alpha value is -3.92. The molecule has 0 bridgehead atoms. The molecule has 0 radical (unpaired) electrons. The number of likely N-dealkylation sites (N-methyl/N-ethyl adjacent to an activating group) is 1. The minimum absolute atomic E-state index is 0.0165. The maximum Gasteiger partial charge on any atom is 0.245 e. The van der Waals surface area contributed by atoms with Gasteiger partial charge in [-0.2, -0.15) is 0 Å². The van der Waals surface area contributed by atoms with Crippen molar-refractivity contribution in [2.24, 2.45) is 28.4 Å². The summed E-state index contributed by atoms with van der Waals surface area (Å²) in [5.74, 6) is -0.746. The molecule has 1 unspecified atom stereocenters. The molecule has 6 rings (SSSR count). The quantitative estimate of drug-likeness (QED) is 0.135. The van der Waals surface area contributed by atoms with Crippen LogP contribution in [0.5, 0.6) is 0 Å². The first-order valence-electron chi connectivity index (χ1n) is 26.1. The number of nitrogens with two attached hydrogens (primary N) is 1. The molecule has 0 saturated carbocycles. The second-order valence-corrected chi connectivity index (χ2v) is 22.7. The third-order valence-corrected chi connectivity index (χ3v) is 17.1. The van der Waals surface area contributed by atoms with E-state index in [-0.39, 0.29) is 58.5 Å². The average molecular weight is 957 g/mol. The van der Waals surface area contributed by atoms with Crippen molar-refractivity contribution in [2.45, 2.75) is 155 Å². The van der Waals surface area contributed by atoms with Crippen molar-refractivity contribution in [1.29, 1.82) is 0 Å². The molecule has 4 saturated heterocycles. The Morgan fingerprint density at radius 3 is 1.39 bits per heavy atom. The van der Waals surface area contributed by atoms with E-state index in [0.29, 0.717) is 39.4 Å². The van der Waals surface area contributed by atoms with E-state index in [0.717, 1.165) is 64.7 Å². The van der Waals surface area contributed by atoms with Crippen LogP contribution >= 0.6 is 0 Å². The molecule has 10 atom stereocenters. The van der Waals surface area contributed by atoms with Crippen molar-refractivity contribution < 1.29 is 28.7 Å². The Kier molecular flexibility index (Phi) is 18.2. The van der Waals surface area contributed by atoms with Crippen LogP contribution < -0.4 is 21.7 Å². The third kappa shape index (κ3) is 12.4. The number of fused-ring (bicyclic) bond motifs is 2. The van der Waals surface area contributed by atoms with Crippen LogP contribution in [0.1, 0.15) is 106 Å². The minimum Gasteiger partial charge on any atom is -0.374 e. The summed E-state index contributed by atoms with van der Waals surface area (Å²) in [4.78, 5) is 64.4. The van der Waals surface area contributed by atoms with Crippen LogP contribution in [0, 0.1) is 22.7 Å². The van der Waals surface area contributed by atoms with E-state index < -0.39 is 35.2 Å². The summed E-state index contributed by atoms with van der Waals surface area (Å²) < 4.78 is 13.8. The van der Waals surface area contributed by atoms with Crippen molar-refractivity contribution >= 4 is 23.6 Å². The number of carbonyl (C=O) groups is 4. The first-order valence-corrected chi connectivity index (χ1v) is 26.1. The van der Waals surface area contributed by atoms with Crippen LogP contribution in [0.3, 0.4) is 0 Å². The number of benzene rings is 2. The molecule has 4 amide bonds. The highest BCUT2D eigenvalue weighted by Gasteiger charge is 2.60. The van der Waals surface area contributed by atoms with Crippen molar-refractivity contribution in [1.82, 2.24) is 35.6 Å². The number of nitrogens with one attached hydrogen (secondary N) is 3. The standard InChI is InChI=1S/C55H88N8O6/c1-38(2)46(58-48(64)40(5)56)50(66)62-28-24-52(7)32-44(34-60(36-54(52,62)9)26-22-42-18-14-12-15-19-42)68-30-31-69-45-33-53(8)25-29-63(51(67)47(39(3)4)59-49(65)41(6)57-11)55(53,10)37-61(35-45)27-23-43-20-16-13-17-21-43/h12-21,38-41,44-47,57H,22-37,56H2,1-11H3,(H,58,64)(H,59,65)/t40-,41-,44+,45+,46?,47-,52-,53-,54+,55+/m0/s1. The van der Waals surface area contributed by atoms with E-state index in [4.69, 9.17) is 15.2 Å². The third-order valence-electron chi connectivity index (χ3n) is 17.1. The molecule has 0 spiro atoms. The van der Waals surface area contributed by atoms with E-state index in [2.05, 4.69) is 112 Å². The fourth-order valence-electron chi connectivity index (χ4n) is 11.9. The molecule has 2 aromatic rings. The number of amides is 4. The number of rotatable bonds is 20. The zero-order chi connectivity index (χ0) is 50.3. The van der Waals surface area contributed by atoms with E-state index in [9.17, 15) is 19.2 Å². The van der Waals surface area contributed by atoms with Crippen molar-refractivity contribution in [3.63, 3.8) is 0 Å². The van der Waals surface area contributed by atoms with E-state index in [1.54, 1.807) is 14.0 Å². The molecule has 2 aromatic carbocycles. The van der Waals surface area contributed by atoms with Crippen LogP contribution in [0.2, 0.25) is 0 Å². The fraction of sp³-hybridized carbons (Fsp3) is 0.709. The Labute approximate surface area is 414 Å². The highest BCUT2D eigenvalue weighted by molar-refractivity contribution is 5.91. The van der Waals surface area contributed by atoms with Gasteiger partial charge in [0.1, 0.15) is 12.1 Å². The first-order chi connectivity index (χ1) is 32.6. The molecular weight excluding hydrogens is 869 g/mol. The lowest BCUT2D eigenvalue weighted by Crippen LogP contribution is -2.62. The number of ether oxygens (including phenoxy) is 2. The molecule has 4 aliphatic heterocycles. The highest BCUT2D eigenvalue weighted by atomic mass is 16.5. The van der Waals surface area contributed by atoms with Crippen molar-refractivity contribution in [3.05, 3.63) is 71.8 Å². The number of likely N-dealkylation sites (tertiary alicyclic amines) is 4. The smallest absolute Gasteiger partial charge is 0.245 e. The van der Waals surface area contributed by atoms with Gasteiger partial charge >= 0.3 is 0 Å². The Morgan fingerprint density at radius 2 is 1.03 bits per heavy atom. The van der Waals surface area contributed by atoms with E-state index >= 15 is 0 Å². The molecule has 5 N–H and O–H groups in total. The normalized spacial score (nSPS) is 29.4. The second-order valence-electron chi connectivity index (χ2n) is 22.7.